The lowest BCUT2D eigenvalue weighted by Crippen LogP contribution is -2.57. The summed E-state index contributed by atoms with van der Waals surface area (Å²) in [5.74, 6) is -12.0. The first-order chi connectivity index (χ1) is 33.7. The van der Waals surface area contributed by atoms with E-state index in [4.69, 9.17) is 16.2 Å². The summed E-state index contributed by atoms with van der Waals surface area (Å²) < 4.78 is 5.67. The normalized spacial score (nSPS) is 24.0. The maximum Gasteiger partial charge on any atom is 0.326 e. The zero-order valence-electron chi connectivity index (χ0n) is 42.2. The number of rotatable bonds is 15. The number of esters is 1. The Hall–Kier alpha value is -7.59. The summed E-state index contributed by atoms with van der Waals surface area (Å²) in [7, 11) is 1.20. The lowest BCUT2D eigenvalue weighted by molar-refractivity contribution is -0.148. The quantitative estimate of drug-likeness (QED) is 0.0282. The average molecular weight is 1010 g/mol. The molecule has 1 aromatic carbocycles. The van der Waals surface area contributed by atoms with Gasteiger partial charge in [-0.1, -0.05) is 88.4 Å². The number of aliphatic imine (C=N–C) groups is 1. The van der Waals surface area contributed by atoms with Crippen molar-refractivity contribution in [3.8, 4) is 0 Å². The van der Waals surface area contributed by atoms with Gasteiger partial charge in [0, 0.05) is 39.3 Å². The van der Waals surface area contributed by atoms with Crippen LogP contribution in [0.1, 0.15) is 92.6 Å². The number of nitrogens with one attached hydrogen (secondary N) is 6. The number of amides is 7. The number of hydrogen-bond donors (Lipinski definition) is 10. The zero-order valence-corrected chi connectivity index (χ0v) is 42.2. The van der Waals surface area contributed by atoms with Gasteiger partial charge >= 0.3 is 17.9 Å². The first-order valence-electron chi connectivity index (χ1n) is 23.6. The number of aliphatic carboxylic acids is 2. The molecule has 0 aliphatic carbocycles. The van der Waals surface area contributed by atoms with Crippen LogP contribution >= 0.6 is 0 Å². The Morgan fingerprint density at radius 2 is 1.46 bits per heavy atom. The average Bonchev–Trinajstić information content (AvgIpc) is 3.30. The van der Waals surface area contributed by atoms with Gasteiger partial charge in [-0.25, -0.2) is 9.59 Å². The van der Waals surface area contributed by atoms with Gasteiger partial charge in [0.25, 0.3) is 5.91 Å². The van der Waals surface area contributed by atoms with E-state index in [1.165, 1.54) is 33.9 Å². The number of nitrogens with zero attached hydrogens (tertiary/aromatic N) is 2. The van der Waals surface area contributed by atoms with E-state index in [-0.39, 0.29) is 43.6 Å². The molecule has 1 saturated heterocycles. The van der Waals surface area contributed by atoms with Crippen molar-refractivity contribution in [2.75, 3.05) is 13.6 Å². The van der Waals surface area contributed by atoms with Crippen molar-refractivity contribution < 1.29 is 62.9 Å². The van der Waals surface area contributed by atoms with E-state index in [1.807, 2.05) is 43.3 Å². The van der Waals surface area contributed by atoms with E-state index in [0.29, 0.717) is 12.0 Å². The van der Waals surface area contributed by atoms with Gasteiger partial charge in [-0.3, -0.25) is 43.3 Å². The monoisotopic (exact) mass is 1010 g/mol. The van der Waals surface area contributed by atoms with Gasteiger partial charge in [0.05, 0.1) is 18.4 Å². The minimum atomic E-state index is -1.87. The molecule has 1 aliphatic heterocycles. The summed E-state index contributed by atoms with van der Waals surface area (Å²) in [6.45, 7) is 14.7. The molecule has 1 fully saturated rings. The Bertz CT molecular complexity index is 2230. The Morgan fingerprint density at radius 3 is 2.04 bits per heavy atom. The minimum absolute atomic E-state index is 0.00109. The molecule has 0 bridgehead atoms. The summed E-state index contributed by atoms with van der Waals surface area (Å²) in [6, 6.07) is 0.514. The molecule has 0 radical (unpaired) electrons. The van der Waals surface area contributed by atoms with Crippen LogP contribution in [-0.2, 0) is 59.1 Å². The third-order valence-electron chi connectivity index (χ3n) is 11.5. The molecule has 396 valence electrons. The van der Waals surface area contributed by atoms with Crippen molar-refractivity contribution in [3.05, 3.63) is 72.0 Å². The molecule has 2 rings (SSSR count). The number of benzene rings is 1. The highest BCUT2D eigenvalue weighted by Gasteiger charge is 2.34. The maximum atomic E-state index is 14.3. The van der Waals surface area contributed by atoms with Gasteiger partial charge in [0.1, 0.15) is 42.0 Å². The number of hydrogen-bond acceptors (Lipinski definition) is 12. The topological polar surface area (TPSA) is 360 Å². The standard InChI is InChI=1S/C49H72N10O13/c1-26(2)22-37-46(67)58-38(48(70)71)25-40(61)54-35(16-13-21-52-49(50)51)45(66)55-34(18-17-27(3)23-28(4)39(72-32(8)60)24-33-14-11-10-12-15-33)29(5)42(63)56-36(47(68)69)19-20-41(62)59(9)31(7)44(65)53-30(6)43(64)57-37/h10-12,14-15,17-18,23,26,28-30,34-39H,7,13,16,19-22,24-25H2,1-6,8-9H3,(H,53,65)(H,54,61)(H,55,66)(H,56,63)(H,57,64)(H,58,67)(H,68,69)(H,70,71)(H4,50,51,52)/b18-17+,27-23+/t28-,29-,30+,34-,35?,36+,37?,38?,39-/m0/s1. The molecule has 23 nitrogen and oxygen atoms in total. The second kappa shape index (κ2) is 29.6. The van der Waals surface area contributed by atoms with Gasteiger partial charge < -0.3 is 63.2 Å². The lowest BCUT2D eigenvalue weighted by Gasteiger charge is -2.27. The van der Waals surface area contributed by atoms with E-state index in [9.17, 15) is 58.2 Å². The molecule has 23 heteroatoms. The molecule has 0 aromatic heterocycles. The molecule has 3 unspecified atom stereocenters. The van der Waals surface area contributed by atoms with Gasteiger partial charge in [-0.15, -0.1) is 0 Å². The summed E-state index contributed by atoms with van der Waals surface area (Å²) in [5.41, 5.74) is 12.1. The number of ether oxygens (including phenoxy) is 1. The molecule has 7 amide bonds. The Morgan fingerprint density at radius 1 is 0.847 bits per heavy atom. The van der Waals surface area contributed by atoms with E-state index in [0.717, 1.165) is 10.5 Å². The number of carbonyl (C=O) groups is 10. The van der Waals surface area contributed by atoms with Crippen LogP contribution in [0.2, 0.25) is 0 Å². The van der Waals surface area contributed by atoms with Crippen molar-refractivity contribution in [2.45, 2.75) is 136 Å². The van der Waals surface area contributed by atoms with E-state index < -0.39 is 132 Å². The molecule has 1 aromatic rings. The van der Waals surface area contributed by atoms with Crippen LogP contribution in [0.15, 0.2) is 71.4 Å². The van der Waals surface area contributed by atoms with Crippen LogP contribution in [0.3, 0.4) is 0 Å². The van der Waals surface area contributed by atoms with Gasteiger partial charge in [0.2, 0.25) is 35.4 Å². The number of carboxylic acid groups (broad SMARTS) is 2. The minimum Gasteiger partial charge on any atom is -0.480 e. The molecule has 1 heterocycles. The second-order valence-electron chi connectivity index (χ2n) is 18.2. The van der Waals surface area contributed by atoms with Crippen LogP contribution in [0.25, 0.3) is 0 Å². The van der Waals surface area contributed by atoms with Crippen LogP contribution in [0.5, 0.6) is 0 Å². The van der Waals surface area contributed by atoms with Crippen molar-refractivity contribution in [3.63, 3.8) is 0 Å². The molecule has 1 aliphatic rings. The first kappa shape index (κ1) is 60.5. The zero-order chi connectivity index (χ0) is 54.4. The van der Waals surface area contributed by atoms with Crippen LogP contribution in [0, 0.1) is 17.8 Å². The van der Waals surface area contributed by atoms with Crippen LogP contribution in [0.4, 0.5) is 0 Å². The number of carbonyl (C=O) groups excluding carboxylic acids is 8. The first-order valence-corrected chi connectivity index (χ1v) is 23.6. The highest BCUT2D eigenvalue weighted by molar-refractivity contribution is 6.00. The summed E-state index contributed by atoms with van der Waals surface area (Å²) >= 11 is 0. The van der Waals surface area contributed by atoms with Crippen molar-refractivity contribution in [1.29, 1.82) is 0 Å². The van der Waals surface area contributed by atoms with Gasteiger partial charge in [-0.2, -0.15) is 0 Å². The fraction of sp³-hybridized carbons (Fsp3) is 0.531. The Balaban J connectivity index is 2.72. The molecular weight excluding hydrogens is 937 g/mol. The summed E-state index contributed by atoms with van der Waals surface area (Å²) in [6.07, 6.45) is 2.83. The Labute approximate surface area is 419 Å². The molecular formula is C49H72N10O13. The third kappa shape index (κ3) is 21.2. The van der Waals surface area contributed by atoms with Crippen molar-refractivity contribution in [1.82, 2.24) is 36.8 Å². The van der Waals surface area contributed by atoms with E-state index in [1.54, 1.807) is 26.8 Å². The van der Waals surface area contributed by atoms with Gasteiger partial charge in [-0.05, 0) is 51.0 Å². The second-order valence-corrected chi connectivity index (χ2v) is 18.2. The molecule has 0 spiro atoms. The predicted octanol–water partition coefficient (Wildman–Crippen LogP) is 0.289. The third-order valence-corrected chi connectivity index (χ3v) is 11.5. The number of nitrogens with two attached hydrogens (primary N) is 2. The SMILES string of the molecule is C=C1C(=O)N[C@H](C)C(=O)NC(CC(C)C)C(=O)NC(C(=O)O)CC(=O)NC(CCCN=C(N)N)C(=O)N[C@@H](/C=C/C(C)=C/[C@H](C)[C@H](Cc2ccccc2)OC(C)=O)[C@H](C)C(=O)N[C@@H](C(=O)O)CCC(=O)N1C. The molecule has 72 heavy (non-hydrogen) atoms. The maximum absolute atomic E-state index is 14.3. The van der Waals surface area contributed by atoms with E-state index in [2.05, 4.69) is 43.5 Å². The summed E-state index contributed by atoms with van der Waals surface area (Å²) in [4.78, 5) is 137. The lowest BCUT2D eigenvalue weighted by atomic mass is 9.94. The molecule has 9 atom stereocenters. The highest BCUT2D eigenvalue weighted by atomic mass is 16.5. The van der Waals surface area contributed by atoms with E-state index >= 15 is 0 Å². The van der Waals surface area contributed by atoms with Crippen molar-refractivity contribution in [2.24, 2.45) is 34.2 Å². The van der Waals surface area contributed by atoms with Crippen molar-refractivity contribution >= 4 is 65.2 Å². The largest absolute Gasteiger partial charge is 0.480 e. The molecule has 12 N–H and O–H groups in total. The number of allylic oxidation sites excluding steroid dienone is 2. The highest BCUT2D eigenvalue weighted by Crippen LogP contribution is 2.19. The van der Waals surface area contributed by atoms with Crippen LogP contribution in [-0.4, -0.2) is 136 Å². The number of likely N-dealkylation sites (N-methyl/N-ethyl adjacent to an activating group) is 1. The number of carboxylic acids is 2. The Kier molecular flexibility index (Phi) is 24.9. The van der Waals surface area contributed by atoms with Gasteiger partial charge in [0.15, 0.2) is 5.96 Å². The predicted molar refractivity (Wildman–Crippen MR) is 265 cm³/mol. The fourth-order valence-electron chi connectivity index (χ4n) is 7.32. The smallest absolute Gasteiger partial charge is 0.326 e. The fourth-order valence-corrected chi connectivity index (χ4v) is 7.32. The molecule has 0 saturated carbocycles. The summed E-state index contributed by atoms with van der Waals surface area (Å²) in [5, 5.41) is 35.1. The number of guanidine groups is 1. The van der Waals surface area contributed by atoms with Crippen LogP contribution < -0.4 is 43.4 Å².